The highest BCUT2D eigenvalue weighted by Crippen LogP contribution is 2.32. The summed E-state index contributed by atoms with van der Waals surface area (Å²) in [5, 5.41) is 30.4. The van der Waals surface area contributed by atoms with Crippen molar-refractivity contribution in [3.8, 4) is 22.9 Å². The molecule has 8 aromatic rings. The summed E-state index contributed by atoms with van der Waals surface area (Å²) in [6.07, 6.45) is 0.0214. The van der Waals surface area contributed by atoms with Crippen LogP contribution in [0.4, 0.5) is 11.4 Å². The van der Waals surface area contributed by atoms with E-state index in [1.807, 2.05) is 72.8 Å². The number of carboxylic acid groups (broad SMARTS) is 2. The number of aromatic nitrogens is 2. The van der Waals surface area contributed by atoms with E-state index >= 15 is 0 Å². The van der Waals surface area contributed by atoms with E-state index < -0.39 is 11.9 Å². The minimum Gasteiger partial charge on any atom is -0.481 e. The number of nitrogens with zero attached hydrogens (tertiary/aromatic N) is 2. The van der Waals surface area contributed by atoms with Gasteiger partial charge >= 0.3 is 11.9 Å². The minimum atomic E-state index is -0.943. The van der Waals surface area contributed by atoms with E-state index in [1.165, 1.54) is 5.56 Å². The molecule has 0 aliphatic carbocycles. The number of hydrogen-bond donors (Lipinski definition) is 6. The third-order valence-electron chi connectivity index (χ3n) is 11.2. The van der Waals surface area contributed by atoms with E-state index in [4.69, 9.17) is 19.0 Å². The van der Waals surface area contributed by atoms with Gasteiger partial charge in [-0.25, -0.2) is 9.97 Å². The van der Waals surface area contributed by atoms with Gasteiger partial charge in [0.1, 0.15) is 11.0 Å². The number of anilines is 2. The van der Waals surface area contributed by atoms with Crippen LogP contribution in [-0.4, -0.2) is 51.1 Å². The molecule has 6 N–H and O–H groups in total. The number of carboxylic acids is 2. The fraction of sp³-hybridized carbons (Fsp3) is 0.241. The Labute approximate surface area is 389 Å². The molecule has 0 bridgehead atoms. The van der Waals surface area contributed by atoms with Crippen LogP contribution >= 0.6 is 0 Å². The number of hydrogen-bond acceptors (Lipinski definition) is 10. The first kappa shape index (κ1) is 47.2. The predicted octanol–water partition coefficient (Wildman–Crippen LogP) is 11.4. The second-order valence-electron chi connectivity index (χ2n) is 16.9. The third-order valence-corrected chi connectivity index (χ3v) is 11.2. The van der Waals surface area contributed by atoms with Crippen LogP contribution in [0.25, 0.3) is 45.1 Å². The van der Waals surface area contributed by atoms with Gasteiger partial charge in [0.2, 0.25) is 11.8 Å². The molecule has 2 heterocycles. The van der Waals surface area contributed by atoms with E-state index in [0.29, 0.717) is 42.3 Å². The van der Waals surface area contributed by atoms with Gasteiger partial charge in [-0.05, 0) is 113 Å². The molecular weight excluding hydrogens is 845 g/mol. The molecule has 344 valence electrons. The Morgan fingerprint density at radius 2 is 0.970 bits per heavy atom. The largest absolute Gasteiger partial charge is 0.481 e. The van der Waals surface area contributed by atoms with Crippen molar-refractivity contribution < 1.29 is 33.4 Å². The molecule has 0 fully saturated rings. The Balaban J connectivity index is 0.000000199. The number of rotatable bonds is 19. The van der Waals surface area contributed by atoms with E-state index in [-0.39, 0.29) is 37.4 Å². The van der Waals surface area contributed by atoms with Crippen LogP contribution in [0.1, 0.15) is 79.7 Å². The van der Waals surface area contributed by atoms with Crippen molar-refractivity contribution in [2.24, 2.45) is 11.8 Å². The van der Waals surface area contributed by atoms with Crippen LogP contribution < -0.4 is 21.3 Å². The topological polar surface area (TPSA) is 192 Å². The Bertz CT molecular complexity index is 2800. The van der Waals surface area contributed by atoms with E-state index in [9.17, 15) is 14.4 Å². The number of amides is 1. The van der Waals surface area contributed by atoms with Crippen LogP contribution in [0.5, 0.6) is 0 Å². The molecule has 0 aliphatic rings. The third kappa shape index (κ3) is 13.0. The predicted molar refractivity (Wildman–Crippen MR) is 263 cm³/mol. The molecule has 0 saturated heterocycles. The average molecular weight is 901 g/mol. The maximum Gasteiger partial charge on any atom is 0.305 e. The van der Waals surface area contributed by atoms with Crippen molar-refractivity contribution >= 4 is 51.4 Å². The number of carbonyl (C=O) groups is 3. The molecule has 2 atom stereocenters. The normalized spacial score (nSPS) is 12.1. The summed E-state index contributed by atoms with van der Waals surface area (Å²) in [6, 6.07) is 47.7. The Kier molecular flexibility index (Phi) is 15.8. The van der Waals surface area contributed by atoms with Gasteiger partial charge in [0.15, 0.2) is 11.2 Å². The average Bonchev–Trinajstić information content (AvgIpc) is 3.97. The second kappa shape index (κ2) is 22.4. The number of aliphatic carboxylic acids is 2. The Hall–Kier alpha value is -7.77. The fourth-order valence-electron chi connectivity index (χ4n) is 7.54. The lowest BCUT2D eigenvalue weighted by molar-refractivity contribution is -0.137. The first-order valence-corrected chi connectivity index (χ1v) is 22.5. The van der Waals surface area contributed by atoms with Crippen LogP contribution in [-0.2, 0) is 16.1 Å². The molecule has 2 aromatic heterocycles. The fourth-order valence-corrected chi connectivity index (χ4v) is 7.54. The Morgan fingerprint density at radius 1 is 0.537 bits per heavy atom. The van der Waals surface area contributed by atoms with Crippen molar-refractivity contribution in [3.63, 3.8) is 0 Å². The van der Waals surface area contributed by atoms with Crippen molar-refractivity contribution in [2.45, 2.75) is 59.2 Å². The van der Waals surface area contributed by atoms with E-state index in [0.717, 1.165) is 55.8 Å². The maximum absolute atomic E-state index is 12.2. The number of oxazole rings is 2. The van der Waals surface area contributed by atoms with Gasteiger partial charge < -0.3 is 40.3 Å². The minimum absolute atomic E-state index is 0.0629. The molecule has 0 saturated carbocycles. The second-order valence-corrected chi connectivity index (χ2v) is 16.9. The SMILES string of the molecule is CC(C)C(Nc1ccc(C(=O)NCCC(=O)O)cc1)c1ccc(-c2nc3ccccc3o2)cc1.CC(C)C(Nc1ccc(CNCCC(=O)O)cc1)c1ccc(-c2nc3ccccc3o2)cc1. The van der Waals surface area contributed by atoms with E-state index in [2.05, 4.69) is 120 Å². The molecule has 0 radical (unpaired) electrons. The number of carbonyl (C=O) groups excluding carboxylic acids is 1. The summed E-state index contributed by atoms with van der Waals surface area (Å²) in [5.74, 6) is -0.0943. The summed E-state index contributed by atoms with van der Waals surface area (Å²) in [4.78, 5) is 42.5. The standard InChI is InChI=1S/C27H27N3O4.C27H29N3O3/c1-17(2)25(29-21-13-11-19(12-14-21)26(33)28-16-15-24(31)32)18-7-9-20(10-8-18)27-30-22-5-3-4-6-23(22)34-27;1-18(2)26(29-22-13-7-19(8-14-22)17-28-16-15-25(31)32)20-9-11-21(12-10-20)27-30-23-5-3-4-6-24(23)33-27/h3-14,17,25,29H,15-16H2,1-2H3,(H,28,33)(H,31,32);3-14,18,26,28-29H,15-17H2,1-2H3,(H,31,32). The van der Waals surface area contributed by atoms with Gasteiger partial charge in [0.25, 0.3) is 5.91 Å². The summed E-state index contributed by atoms with van der Waals surface area (Å²) in [6.45, 7) is 9.92. The van der Waals surface area contributed by atoms with Gasteiger partial charge in [0.05, 0.1) is 24.9 Å². The van der Waals surface area contributed by atoms with Gasteiger partial charge in [-0.3, -0.25) is 14.4 Å². The highest BCUT2D eigenvalue weighted by Gasteiger charge is 2.19. The van der Waals surface area contributed by atoms with Crippen molar-refractivity contribution in [3.05, 3.63) is 168 Å². The summed E-state index contributed by atoms with van der Waals surface area (Å²) in [5.41, 5.74) is 11.0. The lowest BCUT2D eigenvalue weighted by Gasteiger charge is -2.24. The first-order valence-electron chi connectivity index (χ1n) is 22.5. The zero-order valence-electron chi connectivity index (χ0n) is 38.0. The number of fused-ring (bicyclic) bond motifs is 2. The lowest BCUT2D eigenvalue weighted by Crippen LogP contribution is -2.26. The maximum atomic E-state index is 12.2. The molecule has 0 spiro atoms. The van der Waals surface area contributed by atoms with Gasteiger partial charge in [-0.15, -0.1) is 0 Å². The highest BCUT2D eigenvalue weighted by molar-refractivity contribution is 5.94. The molecule has 0 aliphatic heterocycles. The Morgan fingerprint density at radius 3 is 1.40 bits per heavy atom. The van der Waals surface area contributed by atoms with Crippen molar-refractivity contribution in [2.75, 3.05) is 23.7 Å². The summed E-state index contributed by atoms with van der Waals surface area (Å²) < 4.78 is 11.8. The van der Waals surface area contributed by atoms with Crippen LogP contribution in [0.15, 0.2) is 154 Å². The quantitative estimate of drug-likeness (QED) is 0.0422. The zero-order chi connectivity index (χ0) is 47.3. The molecule has 2 unspecified atom stereocenters. The van der Waals surface area contributed by atoms with Crippen LogP contribution in [0, 0.1) is 11.8 Å². The molecule has 67 heavy (non-hydrogen) atoms. The number of para-hydroxylation sites is 4. The van der Waals surface area contributed by atoms with Crippen molar-refractivity contribution in [1.29, 1.82) is 0 Å². The molecule has 13 heteroatoms. The molecule has 8 rings (SSSR count). The number of nitrogens with one attached hydrogen (secondary N) is 4. The van der Waals surface area contributed by atoms with Crippen LogP contribution in [0.2, 0.25) is 0 Å². The highest BCUT2D eigenvalue weighted by atomic mass is 16.4. The van der Waals surface area contributed by atoms with Gasteiger partial charge in [-0.2, -0.15) is 0 Å². The van der Waals surface area contributed by atoms with Crippen molar-refractivity contribution in [1.82, 2.24) is 20.6 Å². The van der Waals surface area contributed by atoms with E-state index in [1.54, 1.807) is 12.1 Å². The molecule has 13 nitrogen and oxygen atoms in total. The van der Waals surface area contributed by atoms with Gasteiger partial charge in [0, 0.05) is 47.7 Å². The van der Waals surface area contributed by atoms with Gasteiger partial charge in [-0.1, -0.05) is 88.4 Å². The zero-order valence-corrected chi connectivity index (χ0v) is 38.0. The smallest absolute Gasteiger partial charge is 0.305 e. The number of benzene rings is 6. The molecular formula is C54H56N6O7. The monoisotopic (exact) mass is 900 g/mol. The summed E-state index contributed by atoms with van der Waals surface area (Å²) in [7, 11) is 0. The molecule has 6 aromatic carbocycles. The molecule has 1 amide bonds. The first-order chi connectivity index (χ1) is 32.4. The van der Waals surface area contributed by atoms with Crippen LogP contribution in [0.3, 0.4) is 0 Å². The summed E-state index contributed by atoms with van der Waals surface area (Å²) >= 11 is 0. The lowest BCUT2D eigenvalue weighted by atomic mass is 9.94.